The molecule has 3 aliphatic rings. The van der Waals surface area contributed by atoms with E-state index in [1.165, 1.54) is 11.3 Å². The van der Waals surface area contributed by atoms with E-state index in [2.05, 4.69) is 73.4 Å². The number of piperazine rings is 3. The number of fused-ring (bicyclic) bond motifs is 2. The van der Waals surface area contributed by atoms with Crippen LogP contribution in [0.2, 0.25) is 0 Å². The molecule has 0 aliphatic carbocycles. The molecule has 1 N–H and O–H groups in total. The number of hydrogen-bond acceptors (Lipinski definition) is 8. The molecule has 0 unspecified atom stereocenters. The Morgan fingerprint density at radius 3 is 2.68 bits per heavy atom. The first kappa shape index (κ1) is 24.1. The zero-order valence-electron chi connectivity index (χ0n) is 21.7. The van der Waals surface area contributed by atoms with Crippen LogP contribution in [0.3, 0.4) is 0 Å². The number of benzene rings is 1. The van der Waals surface area contributed by atoms with Gasteiger partial charge in [0.2, 0.25) is 0 Å². The Morgan fingerprint density at radius 1 is 0.973 bits per heavy atom. The van der Waals surface area contributed by atoms with Gasteiger partial charge in [0.05, 0.1) is 11.1 Å². The summed E-state index contributed by atoms with van der Waals surface area (Å²) in [4.78, 5) is 19.5. The Balaban J connectivity index is 1.11. The maximum atomic E-state index is 9.54. The molecule has 8 heteroatoms. The van der Waals surface area contributed by atoms with Gasteiger partial charge in [0.15, 0.2) is 0 Å². The van der Waals surface area contributed by atoms with E-state index >= 15 is 0 Å². The first-order valence-corrected chi connectivity index (χ1v) is 13.6. The van der Waals surface area contributed by atoms with Gasteiger partial charge in [-0.25, -0.2) is 4.98 Å². The lowest BCUT2D eigenvalue weighted by molar-refractivity contribution is 0.0356. The molecule has 0 amide bonds. The number of aromatic nitrogens is 2. The second-order valence-corrected chi connectivity index (χ2v) is 10.6. The van der Waals surface area contributed by atoms with Crippen LogP contribution in [0.5, 0.6) is 0 Å². The average molecular weight is 497 g/mol. The van der Waals surface area contributed by atoms with Gasteiger partial charge in [-0.15, -0.1) is 0 Å². The minimum atomic E-state index is 0.491. The summed E-state index contributed by atoms with van der Waals surface area (Å²) in [5, 5.41) is 14.0. The van der Waals surface area contributed by atoms with Crippen LogP contribution < -0.4 is 15.1 Å². The van der Waals surface area contributed by atoms with Crippen LogP contribution in [0.25, 0.3) is 10.9 Å². The van der Waals surface area contributed by atoms with Gasteiger partial charge in [-0.05, 0) is 49.2 Å². The molecule has 37 heavy (non-hydrogen) atoms. The summed E-state index contributed by atoms with van der Waals surface area (Å²) in [6.45, 7) is 12.9. The van der Waals surface area contributed by atoms with Crippen molar-refractivity contribution in [2.75, 3.05) is 75.2 Å². The van der Waals surface area contributed by atoms with Gasteiger partial charge in [0, 0.05) is 101 Å². The van der Waals surface area contributed by atoms with Crippen LogP contribution in [-0.4, -0.2) is 97.3 Å². The third kappa shape index (κ3) is 4.99. The minimum absolute atomic E-state index is 0.491. The maximum Gasteiger partial charge on any atom is 0.128 e. The molecule has 5 heterocycles. The van der Waals surface area contributed by atoms with Crippen LogP contribution in [0.1, 0.15) is 18.1 Å². The number of hydrogen-bond donors (Lipinski definition) is 1. The summed E-state index contributed by atoms with van der Waals surface area (Å²) in [5.74, 6) is 1.10. The van der Waals surface area contributed by atoms with E-state index in [4.69, 9.17) is 4.98 Å². The van der Waals surface area contributed by atoms with Crippen molar-refractivity contribution in [1.29, 1.82) is 5.26 Å². The fraction of sp³-hybridized carbons (Fsp3) is 0.483. The lowest BCUT2D eigenvalue weighted by Gasteiger charge is -2.51. The monoisotopic (exact) mass is 496 g/mol. The number of rotatable bonds is 5. The van der Waals surface area contributed by atoms with E-state index in [1.54, 1.807) is 6.20 Å². The second-order valence-electron chi connectivity index (χ2n) is 10.6. The van der Waals surface area contributed by atoms with Crippen LogP contribution in [0, 0.1) is 11.3 Å². The summed E-state index contributed by atoms with van der Waals surface area (Å²) in [7, 11) is 0. The highest BCUT2D eigenvalue weighted by Crippen LogP contribution is 2.31. The van der Waals surface area contributed by atoms with Gasteiger partial charge < -0.3 is 20.0 Å². The molecule has 3 fully saturated rings. The number of anilines is 2. The molecule has 0 bridgehead atoms. The molecular weight excluding hydrogens is 460 g/mol. The minimum Gasteiger partial charge on any atom is -0.368 e. The van der Waals surface area contributed by atoms with Crippen LogP contribution in [-0.2, 0) is 6.42 Å². The molecule has 192 valence electrons. The van der Waals surface area contributed by atoms with Crippen LogP contribution >= 0.6 is 0 Å². The van der Waals surface area contributed by atoms with E-state index in [-0.39, 0.29) is 0 Å². The normalized spacial score (nSPS) is 23.1. The Hall–Kier alpha value is -3.25. The van der Waals surface area contributed by atoms with Crippen molar-refractivity contribution in [3.63, 3.8) is 0 Å². The van der Waals surface area contributed by atoms with E-state index in [9.17, 15) is 5.26 Å². The van der Waals surface area contributed by atoms with Crippen molar-refractivity contribution in [1.82, 2.24) is 25.1 Å². The van der Waals surface area contributed by atoms with Gasteiger partial charge in [-0.1, -0.05) is 6.07 Å². The van der Waals surface area contributed by atoms with E-state index < -0.39 is 0 Å². The van der Waals surface area contributed by atoms with Crippen LogP contribution in [0.15, 0.2) is 48.8 Å². The highest BCUT2D eigenvalue weighted by molar-refractivity contribution is 5.95. The topological polar surface area (TPSA) is 74.6 Å². The van der Waals surface area contributed by atoms with E-state index in [0.29, 0.717) is 17.6 Å². The van der Waals surface area contributed by atoms with Gasteiger partial charge in [0.25, 0.3) is 0 Å². The van der Waals surface area contributed by atoms with Gasteiger partial charge in [0.1, 0.15) is 11.9 Å². The predicted molar refractivity (Wildman–Crippen MR) is 148 cm³/mol. The smallest absolute Gasteiger partial charge is 0.128 e. The Bertz CT molecular complexity index is 1260. The standard InChI is InChI=1S/C29H36N8/c1-22-19-36(27-6-5-24(17-30)29-26(27)3-2-9-32-29)21-25-20-34(15-16-37(22)25)12-8-23-4-7-28(33-18-23)35-13-10-31-11-14-35/h2-7,9,18,22,25,31H,8,10-16,19-21H2,1H3/t22-,25+/m1/s1. The fourth-order valence-corrected chi connectivity index (χ4v) is 6.29. The molecule has 3 saturated heterocycles. The van der Waals surface area contributed by atoms with Crippen molar-refractivity contribution in [3.05, 3.63) is 59.9 Å². The quantitative estimate of drug-likeness (QED) is 0.577. The zero-order valence-corrected chi connectivity index (χ0v) is 21.7. The summed E-state index contributed by atoms with van der Waals surface area (Å²) in [6, 6.07) is 15.9. The van der Waals surface area contributed by atoms with Crippen molar-refractivity contribution in [2.45, 2.75) is 25.4 Å². The summed E-state index contributed by atoms with van der Waals surface area (Å²) >= 11 is 0. The predicted octanol–water partition coefficient (Wildman–Crippen LogP) is 2.35. The molecule has 3 aliphatic heterocycles. The molecule has 0 radical (unpaired) electrons. The molecule has 1 aromatic carbocycles. The Kier molecular flexibility index (Phi) is 6.92. The van der Waals surface area contributed by atoms with Gasteiger partial charge >= 0.3 is 0 Å². The number of nitrogens with one attached hydrogen (secondary N) is 1. The van der Waals surface area contributed by atoms with Crippen molar-refractivity contribution < 1.29 is 0 Å². The van der Waals surface area contributed by atoms with Gasteiger partial charge in [-0.2, -0.15) is 5.26 Å². The number of pyridine rings is 2. The van der Waals surface area contributed by atoms with Crippen LogP contribution in [0.4, 0.5) is 11.5 Å². The molecule has 2 atom stereocenters. The summed E-state index contributed by atoms with van der Waals surface area (Å²) < 4.78 is 0. The Morgan fingerprint density at radius 2 is 1.86 bits per heavy atom. The fourth-order valence-electron chi connectivity index (χ4n) is 6.29. The first-order chi connectivity index (χ1) is 18.2. The Labute approximate surface area is 219 Å². The lowest BCUT2D eigenvalue weighted by Crippen LogP contribution is -2.65. The average Bonchev–Trinajstić information content (AvgIpc) is 2.96. The molecule has 8 nitrogen and oxygen atoms in total. The molecule has 0 saturated carbocycles. The second kappa shape index (κ2) is 10.6. The zero-order chi connectivity index (χ0) is 25.2. The third-order valence-electron chi connectivity index (χ3n) is 8.27. The van der Waals surface area contributed by atoms with E-state index in [0.717, 1.165) is 88.6 Å². The molecule has 2 aromatic heterocycles. The maximum absolute atomic E-state index is 9.54. The largest absolute Gasteiger partial charge is 0.368 e. The van der Waals surface area contributed by atoms with Crippen molar-refractivity contribution in [2.24, 2.45) is 0 Å². The first-order valence-electron chi connectivity index (χ1n) is 13.6. The van der Waals surface area contributed by atoms with Gasteiger partial charge in [-0.3, -0.25) is 9.88 Å². The third-order valence-corrected chi connectivity index (χ3v) is 8.27. The summed E-state index contributed by atoms with van der Waals surface area (Å²) in [5.41, 5.74) is 3.96. The van der Waals surface area contributed by atoms with E-state index in [1.807, 2.05) is 12.1 Å². The number of nitriles is 1. The molecule has 6 rings (SSSR count). The van der Waals surface area contributed by atoms with Crippen molar-refractivity contribution in [3.8, 4) is 6.07 Å². The number of nitrogens with zero attached hydrogens (tertiary/aromatic N) is 7. The summed E-state index contributed by atoms with van der Waals surface area (Å²) in [6.07, 6.45) is 4.88. The van der Waals surface area contributed by atoms with Crippen molar-refractivity contribution >= 4 is 22.4 Å². The highest BCUT2D eigenvalue weighted by atomic mass is 15.4. The molecule has 0 spiro atoms. The molecule has 3 aromatic rings. The molecular formula is C29H36N8. The SMILES string of the molecule is C[C@@H]1CN(c2ccc(C#N)c3ncccc23)C[C@@H]2CN(CCc3ccc(N4CCNCC4)nc3)CCN21. The highest BCUT2D eigenvalue weighted by Gasteiger charge is 2.36. The lowest BCUT2D eigenvalue weighted by atomic mass is 10.0.